The van der Waals surface area contributed by atoms with Crippen LogP contribution in [0.5, 0.6) is 0 Å². The molecule has 0 aromatic heterocycles. The highest BCUT2D eigenvalue weighted by molar-refractivity contribution is 6.33. The van der Waals surface area contributed by atoms with Gasteiger partial charge in [-0.2, -0.15) is 0 Å². The van der Waals surface area contributed by atoms with Crippen molar-refractivity contribution in [2.75, 3.05) is 0 Å². The van der Waals surface area contributed by atoms with Crippen LogP contribution in [0, 0.1) is 12.8 Å². The van der Waals surface area contributed by atoms with Crippen molar-refractivity contribution in [1.82, 2.24) is 5.32 Å². The van der Waals surface area contributed by atoms with E-state index in [1.165, 1.54) is 6.92 Å². The summed E-state index contributed by atoms with van der Waals surface area (Å²) in [6.45, 7) is 5.19. The lowest BCUT2D eigenvalue weighted by atomic mass is 9.96. The molecule has 71 valence electrons. The number of carbonyl (C=O) groups is 1. The van der Waals surface area contributed by atoms with Crippen LogP contribution in [0.3, 0.4) is 0 Å². The Morgan fingerprint density at radius 3 is 2.92 bits per heavy atom. The molecule has 1 aliphatic rings. The molecule has 2 unspecified atom stereocenters. The van der Waals surface area contributed by atoms with Gasteiger partial charge in [-0.15, -0.1) is 0 Å². The lowest BCUT2D eigenvalue weighted by Gasteiger charge is -2.32. The van der Waals surface area contributed by atoms with Gasteiger partial charge in [-0.3, -0.25) is 4.79 Å². The normalized spacial score (nSPS) is 32.6. The summed E-state index contributed by atoms with van der Waals surface area (Å²) in [5, 5.41) is 3.12. The van der Waals surface area contributed by atoms with Crippen molar-refractivity contribution >= 4 is 29.1 Å². The van der Waals surface area contributed by atoms with Gasteiger partial charge in [0.1, 0.15) is 5.00 Å². The van der Waals surface area contributed by atoms with Crippen LogP contribution in [0.4, 0.5) is 0 Å². The van der Waals surface area contributed by atoms with Crippen LogP contribution in [0.15, 0.2) is 23.3 Å². The molecule has 0 saturated carbocycles. The molecular weight excluding hydrogens is 209 g/mol. The molecule has 0 saturated heterocycles. The van der Waals surface area contributed by atoms with Gasteiger partial charge in [-0.25, -0.2) is 0 Å². The van der Waals surface area contributed by atoms with Crippen LogP contribution < -0.4 is 5.32 Å². The maximum Gasteiger partial charge on any atom is 0.218 e. The number of alkyl halides is 1. The number of halogens is 2. The second-order valence-corrected chi connectivity index (χ2v) is 3.97. The summed E-state index contributed by atoms with van der Waals surface area (Å²) >= 11 is 12.0. The molecule has 1 aliphatic carbocycles. The van der Waals surface area contributed by atoms with Gasteiger partial charge < -0.3 is 5.32 Å². The molecular formula is C9H10Cl2NO. The highest BCUT2D eigenvalue weighted by Crippen LogP contribution is 2.34. The van der Waals surface area contributed by atoms with Crippen LogP contribution in [-0.2, 0) is 4.79 Å². The van der Waals surface area contributed by atoms with Gasteiger partial charge in [0, 0.05) is 17.9 Å². The SMILES string of the molecule is [CH2]C1C(Cl)=CC=CC1(Cl)NC(C)=O. The smallest absolute Gasteiger partial charge is 0.218 e. The van der Waals surface area contributed by atoms with Gasteiger partial charge in [0.05, 0.1) is 0 Å². The Labute approximate surface area is 87.6 Å². The lowest BCUT2D eigenvalue weighted by molar-refractivity contribution is -0.119. The van der Waals surface area contributed by atoms with Crippen molar-refractivity contribution in [2.24, 2.45) is 5.92 Å². The van der Waals surface area contributed by atoms with E-state index in [1.54, 1.807) is 18.2 Å². The summed E-state index contributed by atoms with van der Waals surface area (Å²) in [5.41, 5.74) is 0. The van der Waals surface area contributed by atoms with Gasteiger partial charge >= 0.3 is 0 Å². The zero-order chi connectivity index (χ0) is 10.1. The molecule has 13 heavy (non-hydrogen) atoms. The first-order valence-corrected chi connectivity index (χ1v) is 4.57. The third-order valence-electron chi connectivity index (χ3n) is 1.80. The quantitative estimate of drug-likeness (QED) is 0.531. The predicted molar refractivity (Wildman–Crippen MR) is 54.3 cm³/mol. The summed E-state index contributed by atoms with van der Waals surface area (Å²) in [6, 6.07) is 0. The van der Waals surface area contributed by atoms with Crippen LogP contribution in [0.25, 0.3) is 0 Å². The molecule has 0 heterocycles. The minimum absolute atomic E-state index is 0.209. The predicted octanol–water partition coefficient (Wildman–Crippen LogP) is 2.20. The van der Waals surface area contributed by atoms with Gasteiger partial charge in [-0.1, -0.05) is 29.3 Å². The topological polar surface area (TPSA) is 29.1 Å². The average Bonchev–Trinajstić information content (AvgIpc) is 1.99. The van der Waals surface area contributed by atoms with E-state index in [0.29, 0.717) is 5.03 Å². The fourth-order valence-electron chi connectivity index (χ4n) is 1.11. The van der Waals surface area contributed by atoms with Crippen molar-refractivity contribution in [3.8, 4) is 0 Å². The van der Waals surface area contributed by atoms with Crippen LogP contribution in [0.2, 0.25) is 0 Å². The maximum atomic E-state index is 10.8. The lowest BCUT2D eigenvalue weighted by Crippen LogP contribution is -2.47. The van der Waals surface area contributed by atoms with Gasteiger partial charge in [0.25, 0.3) is 0 Å². The molecule has 4 heteroatoms. The van der Waals surface area contributed by atoms with Crippen molar-refractivity contribution in [3.63, 3.8) is 0 Å². The van der Waals surface area contributed by atoms with Gasteiger partial charge in [0.15, 0.2) is 0 Å². The van der Waals surface area contributed by atoms with E-state index in [4.69, 9.17) is 23.2 Å². The number of amides is 1. The summed E-state index contributed by atoms with van der Waals surface area (Å²) in [6.07, 6.45) is 5.08. The third-order valence-corrected chi connectivity index (χ3v) is 2.68. The van der Waals surface area contributed by atoms with Gasteiger partial charge in [-0.05, 0) is 19.1 Å². The molecule has 0 spiro atoms. The zero-order valence-corrected chi connectivity index (χ0v) is 8.69. The standard InChI is InChI=1S/C9H10Cl2NO/c1-6-8(10)4-3-5-9(6,11)12-7(2)13/h3-6H,1H2,2H3,(H,12,13). The molecule has 0 aliphatic heterocycles. The molecule has 2 atom stereocenters. The summed E-state index contributed by atoms with van der Waals surface area (Å²) in [4.78, 5) is 9.86. The minimum Gasteiger partial charge on any atom is -0.334 e. The molecule has 2 nitrogen and oxygen atoms in total. The molecule has 0 aromatic carbocycles. The summed E-state index contributed by atoms with van der Waals surface area (Å²) < 4.78 is 0. The minimum atomic E-state index is -0.988. The molecule has 0 bridgehead atoms. The Kier molecular flexibility index (Phi) is 3.04. The third kappa shape index (κ3) is 2.26. The summed E-state index contributed by atoms with van der Waals surface area (Å²) in [7, 11) is 0. The number of rotatable bonds is 1. The van der Waals surface area contributed by atoms with Crippen molar-refractivity contribution in [1.29, 1.82) is 0 Å². The first-order chi connectivity index (χ1) is 5.96. The molecule has 1 rings (SSSR count). The Balaban J connectivity index is 2.86. The highest BCUT2D eigenvalue weighted by atomic mass is 35.5. The Morgan fingerprint density at radius 2 is 2.38 bits per heavy atom. The largest absolute Gasteiger partial charge is 0.334 e. The number of hydrogen-bond acceptors (Lipinski definition) is 1. The zero-order valence-electron chi connectivity index (χ0n) is 7.18. The first kappa shape index (κ1) is 10.6. The Hall–Kier alpha value is -0.470. The van der Waals surface area contributed by atoms with Crippen LogP contribution in [0.1, 0.15) is 6.92 Å². The van der Waals surface area contributed by atoms with E-state index >= 15 is 0 Å². The number of nitrogens with one attached hydrogen (secondary N) is 1. The number of carbonyl (C=O) groups excluding carboxylic acids is 1. The first-order valence-electron chi connectivity index (χ1n) is 3.81. The second kappa shape index (κ2) is 3.72. The van der Waals surface area contributed by atoms with E-state index in [0.717, 1.165) is 0 Å². The van der Waals surface area contributed by atoms with Crippen molar-refractivity contribution < 1.29 is 4.79 Å². The fourth-order valence-corrected chi connectivity index (χ4v) is 1.74. The van der Waals surface area contributed by atoms with E-state index in [9.17, 15) is 4.79 Å². The fraction of sp³-hybridized carbons (Fsp3) is 0.333. The molecule has 0 aromatic rings. The van der Waals surface area contributed by atoms with E-state index in [1.807, 2.05) is 0 Å². The second-order valence-electron chi connectivity index (χ2n) is 2.91. The van der Waals surface area contributed by atoms with E-state index < -0.39 is 5.00 Å². The average molecular weight is 219 g/mol. The van der Waals surface area contributed by atoms with Crippen LogP contribution >= 0.6 is 23.2 Å². The van der Waals surface area contributed by atoms with Crippen molar-refractivity contribution in [2.45, 2.75) is 11.9 Å². The van der Waals surface area contributed by atoms with Crippen LogP contribution in [-0.4, -0.2) is 10.9 Å². The Morgan fingerprint density at radius 1 is 1.77 bits per heavy atom. The van der Waals surface area contributed by atoms with Crippen molar-refractivity contribution in [3.05, 3.63) is 30.2 Å². The molecule has 1 amide bonds. The molecule has 1 radical (unpaired) electrons. The Bertz CT molecular complexity index is 285. The number of allylic oxidation sites excluding steroid dienone is 2. The maximum absolute atomic E-state index is 10.8. The monoisotopic (exact) mass is 218 g/mol. The van der Waals surface area contributed by atoms with Gasteiger partial charge in [0.2, 0.25) is 5.91 Å². The molecule has 1 N–H and O–H groups in total. The highest BCUT2D eigenvalue weighted by Gasteiger charge is 2.35. The summed E-state index contributed by atoms with van der Waals surface area (Å²) in [5.74, 6) is -0.565. The molecule has 0 fully saturated rings. The van der Waals surface area contributed by atoms with E-state index in [2.05, 4.69) is 12.2 Å². The number of hydrogen-bond donors (Lipinski definition) is 1. The van der Waals surface area contributed by atoms with E-state index in [-0.39, 0.29) is 11.8 Å².